The van der Waals surface area contributed by atoms with Crippen LogP contribution < -0.4 is 0 Å². The first-order valence-corrected chi connectivity index (χ1v) is 33.6. The molecule has 0 saturated heterocycles. The average molecular weight is 1090 g/mol. The number of unbranched alkanes of at least 4 members (excludes halogenated alkanes) is 36. The highest BCUT2D eigenvalue weighted by Gasteiger charge is 2.19. The van der Waals surface area contributed by atoms with Gasteiger partial charge in [0.05, 0.1) is 0 Å². The van der Waals surface area contributed by atoms with Crippen LogP contribution in [0.5, 0.6) is 0 Å². The van der Waals surface area contributed by atoms with Crippen LogP contribution in [0.25, 0.3) is 0 Å². The zero-order chi connectivity index (χ0) is 56.4. The Morgan fingerprint density at radius 1 is 0.269 bits per heavy atom. The Morgan fingerprint density at radius 3 is 0.795 bits per heavy atom. The molecule has 0 N–H and O–H groups in total. The van der Waals surface area contributed by atoms with E-state index in [1.807, 2.05) is 0 Å². The van der Waals surface area contributed by atoms with Crippen LogP contribution in [-0.2, 0) is 28.6 Å². The lowest BCUT2D eigenvalue weighted by molar-refractivity contribution is -0.167. The standard InChI is InChI=1S/C72H126O6/c1-4-7-10-13-16-19-22-25-27-29-31-32-33-34-35-36-37-38-39-40-41-43-44-47-50-53-56-59-62-65-71(74)77-68-69(67-76-70(73)64-61-58-55-52-49-46-24-21-18-15-12-9-6-3)78-72(75)66-63-60-57-54-51-48-45-42-30-28-26-23-20-17-14-11-8-5-2/h7,9-10,12,16,18-19,21,25,27,31-32,46,49,69H,4-6,8,11,13-15,17,20,22-24,26,28-30,33-45,47-48,50-68H2,1-3H3/b10-7-,12-9-,19-16-,21-18-,27-25-,32-31-,49-46-. The van der Waals surface area contributed by atoms with Crippen LogP contribution in [0.3, 0.4) is 0 Å². The van der Waals surface area contributed by atoms with Crippen LogP contribution in [0, 0.1) is 0 Å². The van der Waals surface area contributed by atoms with Crippen molar-refractivity contribution in [2.45, 2.75) is 341 Å². The minimum Gasteiger partial charge on any atom is -0.462 e. The third-order valence-corrected chi connectivity index (χ3v) is 14.6. The van der Waals surface area contributed by atoms with Crippen molar-refractivity contribution < 1.29 is 28.6 Å². The lowest BCUT2D eigenvalue weighted by atomic mass is 10.0. The summed E-state index contributed by atoms with van der Waals surface area (Å²) in [7, 11) is 0. The quantitative estimate of drug-likeness (QED) is 0.0261. The number of carbonyl (C=O) groups excluding carboxylic acids is 3. The number of allylic oxidation sites excluding steroid dienone is 14. The Morgan fingerprint density at radius 2 is 0.500 bits per heavy atom. The summed E-state index contributed by atoms with van der Waals surface area (Å²) < 4.78 is 16.9. The van der Waals surface area contributed by atoms with Gasteiger partial charge < -0.3 is 14.2 Å². The number of hydrogen-bond acceptors (Lipinski definition) is 6. The van der Waals surface area contributed by atoms with Crippen LogP contribution >= 0.6 is 0 Å². The number of carbonyl (C=O) groups is 3. The van der Waals surface area contributed by atoms with Gasteiger partial charge in [-0.15, -0.1) is 0 Å². The van der Waals surface area contributed by atoms with Crippen LogP contribution in [0.2, 0.25) is 0 Å². The highest BCUT2D eigenvalue weighted by Crippen LogP contribution is 2.18. The van der Waals surface area contributed by atoms with Crippen molar-refractivity contribution in [3.05, 3.63) is 85.1 Å². The molecule has 0 aliphatic carbocycles. The first-order valence-electron chi connectivity index (χ1n) is 33.6. The molecule has 0 bridgehead atoms. The second-order valence-electron chi connectivity index (χ2n) is 22.3. The molecule has 450 valence electrons. The van der Waals surface area contributed by atoms with Gasteiger partial charge in [0.25, 0.3) is 0 Å². The number of hydrogen-bond donors (Lipinski definition) is 0. The molecule has 0 radical (unpaired) electrons. The van der Waals surface area contributed by atoms with Crippen molar-refractivity contribution in [1.29, 1.82) is 0 Å². The molecule has 78 heavy (non-hydrogen) atoms. The van der Waals surface area contributed by atoms with Crippen LogP contribution in [0.4, 0.5) is 0 Å². The summed E-state index contributed by atoms with van der Waals surface area (Å²) in [6.45, 7) is 6.43. The molecule has 0 heterocycles. The molecular formula is C72H126O6. The Kier molecular flexibility index (Phi) is 63.2. The van der Waals surface area contributed by atoms with E-state index in [1.165, 1.54) is 186 Å². The molecule has 0 rings (SSSR count). The van der Waals surface area contributed by atoms with Crippen LogP contribution in [0.1, 0.15) is 335 Å². The Hall–Kier alpha value is -3.41. The van der Waals surface area contributed by atoms with Gasteiger partial charge in [0.1, 0.15) is 13.2 Å². The third kappa shape index (κ3) is 63.4. The van der Waals surface area contributed by atoms with E-state index in [-0.39, 0.29) is 31.1 Å². The topological polar surface area (TPSA) is 78.9 Å². The Bertz CT molecular complexity index is 1480. The SMILES string of the molecule is CC/C=C\C/C=C\C/C=C\C/C=C\CCCCCCCCCCCCCCCCCCC(=O)OCC(COC(=O)CCCCC/C=C\C/C=C\C/C=C\CC)OC(=O)CCCCCCCCCCCCCCCCCCCC. The molecule has 6 nitrogen and oxygen atoms in total. The lowest BCUT2D eigenvalue weighted by Crippen LogP contribution is -2.30. The molecule has 6 heteroatoms. The summed E-state index contributed by atoms with van der Waals surface area (Å²) in [5.74, 6) is -0.894. The first kappa shape index (κ1) is 74.6. The van der Waals surface area contributed by atoms with E-state index in [9.17, 15) is 14.4 Å². The van der Waals surface area contributed by atoms with E-state index < -0.39 is 6.10 Å². The number of rotatable bonds is 61. The fourth-order valence-corrected chi connectivity index (χ4v) is 9.69. The van der Waals surface area contributed by atoms with E-state index in [0.29, 0.717) is 19.3 Å². The minimum atomic E-state index is -0.786. The summed E-state index contributed by atoms with van der Waals surface area (Å²) in [6, 6.07) is 0. The zero-order valence-electron chi connectivity index (χ0n) is 51.7. The van der Waals surface area contributed by atoms with Gasteiger partial charge in [-0.1, -0.05) is 311 Å². The molecule has 1 atom stereocenters. The summed E-state index contributed by atoms with van der Waals surface area (Å²) in [5.41, 5.74) is 0. The molecule has 0 aromatic heterocycles. The van der Waals surface area contributed by atoms with Gasteiger partial charge in [-0.05, 0) is 89.9 Å². The largest absolute Gasteiger partial charge is 0.462 e. The van der Waals surface area contributed by atoms with E-state index in [4.69, 9.17) is 14.2 Å². The molecule has 0 saturated carbocycles. The van der Waals surface area contributed by atoms with Crippen LogP contribution in [-0.4, -0.2) is 37.2 Å². The number of esters is 3. The highest BCUT2D eigenvalue weighted by atomic mass is 16.6. The van der Waals surface area contributed by atoms with Crippen molar-refractivity contribution in [2.24, 2.45) is 0 Å². The average Bonchev–Trinajstić information content (AvgIpc) is 3.44. The monoisotopic (exact) mass is 1090 g/mol. The molecule has 0 aliphatic rings. The maximum Gasteiger partial charge on any atom is 0.306 e. The van der Waals surface area contributed by atoms with Crippen molar-refractivity contribution in [3.8, 4) is 0 Å². The molecule has 0 spiro atoms. The van der Waals surface area contributed by atoms with Gasteiger partial charge >= 0.3 is 17.9 Å². The zero-order valence-corrected chi connectivity index (χ0v) is 51.7. The number of ether oxygens (including phenoxy) is 3. The fourth-order valence-electron chi connectivity index (χ4n) is 9.69. The maximum atomic E-state index is 12.9. The predicted molar refractivity (Wildman–Crippen MR) is 339 cm³/mol. The van der Waals surface area contributed by atoms with Gasteiger partial charge in [0, 0.05) is 19.3 Å². The van der Waals surface area contributed by atoms with Gasteiger partial charge in [0.15, 0.2) is 6.10 Å². The summed E-state index contributed by atoms with van der Waals surface area (Å²) in [5, 5.41) is 0. The molecule has 1 unspecified atom stereocenters. The van der Waals surface area contributed by atoms with Crippen molar-refractivity contribution in [2.75, 3.05) is 13.2 Å². The minimum absolute atomic E-state index is 0.0816. The van der Waals surface area contributed by atoms with Gasteiger partial charge in [-0.2, -0.15) is 0 Å². The molecule has 0 aliphatic heterocycles. The van der Waals surface area contributed by atoms with Crippen LogP contribution in [0.15, 0.2) is 85.1 Å². The van der Waals surface area contributed by atoms with Gasteiger partial charge in [0.2, 0.25) is 0 Å². The first-order chi connectivity index (χ1) is 38.5. The van der Waals surface area contributed by atoms with E-state index >= 15 is 0 Å². The third-order valence-electron chi connectivity index (χ3n) is 14.6. The molecule has 0 aromatic rings. The second-order valence-corrected chi connectivity index (χ2v) is 22.3. The summed E-state index contributed by atoms with van der Waals surface area (Å²) in [4.78, 5) is 38.3. The Labute approximate surface area is 484 Å². The normalized spacial score (nSPS) is 12.6. The molecule has 0 fully saturated rings. The van der Waals surface area contributed by atoms with Gasteiger partial charge in [-0.3, -0.25) is 14.4 Å². The molecule has 0 amide bonds. The molecule has 0 aromatic carbocycles. The van der Waals surface area contributed by atoms with Crippen molar-refractivity contribution in [1.82, 2.24) is 0 Å². The lowest BCUT2D eigenvalue weighted by Gasteiger charge is -2.18. The molecular weight excluding hydrogens is 961 g/mol. The van der Waals surface area contributed by atoms with Crippen molar-refractivity contribution in [3.63, 3.8) is 0 Å². The predicted octanol–water partition coefficient (Wildman–Crippen LogP) is 23.1. The maximum absolute atomic E-state index is 12.9. The van der Waals surface area contributed by atoms with Gasteiger partial charge in [-0.25, -0.2) is 0 Å². The van der Waals surface area contributed by atoms with E-state index in [0.717, 1.165) is 109 Å². The van der Waals surface area contributed by atoms with Crippen molar-refractivity contribution >= 4 is 17.9 Å². The smallest absolute Gasteiger partial charge is 0.306 e. The van der Waals surface area contributed by atoms with E-state index in [1.54, 1.807) is 0 Å². The fraction of sp³-hybridized carbons (Fsp3) is 0.764. The summed E-state index contributed by atoms with van der Waals surface area (Å²) in [6.07, 6.45) is 87.5. The summed E-state index contributed by atoms with van der Waals surface area (Å²) >= 11 is 0. The Balaban J connectivity index is 4.23. The second kappa shape index (κ2) is 66.1. The van der Waals surface area contributed by atoms with E-state index in [2.05, 4.69) is 106 Å². The highest BCUT2D eigenvalue weighted by molar-refractivity contribution is 5.71.